The smallest absolute Gasteiger partial charge is 0.193 e. The van der Waals surface area contributed by atoms with Crippen LogP contribution in [0.15, 0.2) is 0 Å². The summed E-state index contributed by atoms with van der Waals surface area (Å²) < 4.78 is 0. The highest BCUT2D eigenvalue weighted by Crippen LogP contribution is 2.17. The molecule has 11 heavy (non-hydrogen) atoms. The molecule has 0 aromatic carbocycles. The largest absolute Gasteiger partial charge is 0.391 e. The number of alkyl halides is 1. The summed E-state index contributed by atoms with van der Waals surface area (Å²) in [5.41, 5.74) is 9.75. The lowest BCUT2D eigenvalue weighted by Gasteiger charge is -2.29. The minimum atomic E-state index is -1.88. The molecular weight excluding hydrogens is 168 g/mol. The summed E-state index contributed by atoms with van der Waals surface area (Å²) in [5, 5.41) is 16.3. The third-order valence-corrected chi connectivity index (χ3v) is 1.49. The summed E-state index contributed by atoms with van der Waals surface area (Å²) in [4.78, 5) is 0. The molecule has 0 aliphatic heterocycles. The Morgan fingerprint density at radius 1 is 1.45 bits per heavy atom. The maximum absolute atomic E-state index is 9.27. The molecule has 0 amide bonds. The zero-order valence-corrected chi connectivity index (χ0v) is 7.47. The Kier molecular flexibility index (Phi) is 3.28. The molecule has 2 unspecified atom stereocenters. The summed E-state index contributed by atoms with van der Waals surface area (Å²) in [6, 6.07) is 0. The fourth-order valence-corrected chi connectivity index (χ4v) is 0.680. The minimum Gasteiger partial charge on any atom is -0.391 e. The van der Waals surface area contributed by atoms with E-state index < -0.39 is 16.8 Å². The van der Waals surface area contributed by atoms with Crippen LogP contribution in [0.5, 0.6) is 0 Å². The second-order valence-corrected chi connectivity index (χ2v) is 4.01. The van der Waals surface area contributed by atoms with Gasteiger partial charge in [0.15, 0.2) is 5.18 Å². The molecule has 0 aromatic heterocycles. The monoisotopic (exact) mass is 182 g/mol. The lowest BCUT2D eigenvalue weighted by Crippen LogP contribution is -2.50. The van der Waals surface area contributed by atoms with Crippen molar-refractivity contribution in [3.05, 3.63) is 0 Å². The predicted molar refractivity (Wildman–Crippen MR) is 43.9 cm³/mol. The third kappa shape index (κ3) is 5.41. The Bertz CT molecular complexity index is 128. The van der Waals surface area contributed by atoms with E-state index in [9.17, 15) is 5.11 Å². The maximum atomic E-state index is 9.27. The normalized spacial score (nSPS) is 21.0. The third-order valence-electron chi connectivity index (χ3n) is 1.34. The molecule has 0 fully saturated rings. The molecule has 6 N–H and O–H groups in total. The molecule has 0 saturated heterocycles. The van der Waals surface area contributed by atoms with Gasteiger partial charge in [-0.15, -0.1) is 0 Å². The molecule has 0 aromatic rings. The highest BCUT2D eigenvalue weighted by Gasteiger charge is 2.30. The first-order valence-corrected chi connectivity index (χ1v) is 3.68. The van der Waals surface area contributed by atoms with Crippen LogP contribution in [0, 0.1) is 0 Å². The Hall–Kier alpha value is 0.130. The summed E-state index contributed by atoms with van der Waals surface area (Å²) in [6.45, 7) is 3.25. The first kappa shape index (κ1) is 11.1. The molecule has 0 aliphatic rings. The van der Waals surface area contributed by atoms with Gasteiger partial charge in [-0.25, -0.2) is 0 Å². The van der Waals surface area contributed by atoms with Gasteiger partial charge in [-0.05, 0) is 13.8 Å². The first-order chi connectivity index (χ1) is 4.63. The van der Waals surface area contributed by atoms with Gasteiger partial charge in [-0.1, -0.05) is 11.6 Å². The summed E-state index contributed by atoms with van der Waals surface area (Å²) >= 11 is 5.25. The van der Waals surface area contributed by atoms with Crippen molar-refractivity contribution in [3.8, 4) is 0 Å². The molecule has 0 aliphatic carbocycles. The van der Waals surface area contributed by atoms with E-state index in [4.69, 9.17) is 28.2 Å². The van der Waals surface area contributed by atoms with Crippen molar-refractivity contribution in [3.63, 3.8) is 0 Å². The lowest BCUT2D eigenvalue weighted by atomic mass is 9.96. The van der Waals surface area contributed by atoms with E-state index >= 15 is 0 Å². The standard InChI is InChI=1S/C6H15ClN2O2/c1-5(2,8)4(10)3-6(7,9)11/h4,10-11H,3,8-9H2,1-2H3. The van der Waals surface area contributed by atoms with Crippen LogP contribution in [0.25, 0.3) is 0 Å². The number of halogens is 1. The second kappa shape index (κ2) is 3.25. The van der Waals surface area contributed by atoms with Crippen LogP contribution < -0.4 is 11.5 Å². The average molecular weight is 183 g/mol. The van der Waals surface area contributed by atoms with Crippen LogP contribution in [0.2, 0.25) is 0 Å². The van der Waals surface area contributed by atoms with Crippen molar-refractivity contribution >= 4 is 11.6 Å². The average Bonchev–Trinajstić information content (AvgIpc) is 1.56. The summed E-state index contributed by atoms with van der Waals surface area (Å²) in [6.07, 6.45) is -1.08. The van der Waals surface area contributed by atoms with E-state index in [0.717, 1.165) is 0 Å². The Morgan fingerprint density at radius 2 is 1.82 bits per heavy atom. The molecule has 0 bridgehead atoms. The second-order valence-electron chi connectivity index (χ2n) is 3.36. The molecule has 68 valence electrons. The van der Waals surface area contributed by atoms with Crippen molar-refractivity contribution in [2.75, 3.05) is 0 Å². The van der Waals surface area contributed by atoms with Gasteiger partial charge in [-0.2, -0.15) is 0 Å². The van der Waals surface area contributed by atoms with Gasteiger partial charge in [0.25, 0.3) is 0 Å². The SMILES string of the molecule is CC(C)(N)C(O)CC(N)(O)Cl. The minimum absolute atomic E-state index is 0.155. The number of aliphatic hydroxyl groups is 2. The molecule has 0 spiro atoms. The first-order valence-electron chi connectivity index (χ1n) is 3.30. The Labute approximate surface area is 71.1 Å². The molecule has 0 radical (unpaired) electrons. The molecule has 0 saturated carbocycles. The lowest BCUT2D eigenvalue weighted by molar-refractivity contribution is 0.0238. The van der Waals surface area contributed by atoms with Gasteiger partial charge >= 0.3 is 0 Å². The van der Waals surface area contributed by atoms with Crippen LogP contribution in [-0.4, -0.2) is 27.0 Å². The predicted octanol–water partition coefficient (Wildman–Crippen LogP) is -0.682. The van der Waals surface area contributed by atoms with Gasteiger partial charge in [-0.3, -0.25) is 5.73 Å². The molecule has 0 rings (SSSR count). The highest BCUT2D eigenvalue weighted by molar-refractivity contribution is 6.22. The van der Waals surface area contributed by atoms with Crippen molar-refractivity contribution < 1.29 is 10.2 Å². The van der Waals surface area contributed by atoms with Crippen LogP contribution in [0.1, 0.15) is 20.3 Å². The fraction of sp³-hybridized carbons (Fsp3) is 1.00. The van der Waals surface area contributed by atoms with E-state index in [-0.39, 0.29) is 6.42 Å². The zero-order chi connectivity index (χ0) is 9.28. The quantitative estimate of drug-likeness (QED) is 0.264. The van der Waals surface area contributed by atoms with Gasteiger partial charge < -0.3 is 15.9 Å². The van der Waals surface area contributed by atoms with E-state index in [2.05, 4.69) is 0 Å². The molecule has 0 heterocycles. The topological polar surface area (TPSA) is 92.5 Å². The van der Waals surface area contributed by atoms with Crippen LogP contribution in [0.3, 0.4) is 0 Å². The van der Waals surface area contributed by atoms with Crippen molar-refractivity contribution in [1.82, 2.24) is 0 Å². The number of nitrogens with two attached hydrogens (primary N) is 2. The summed E-state index contributed by atoms with van der Waals surface area (Å²) in [7, 11) is 0. The van der Waals surface area contributed by atoms with Gasteiger partial charge in [0.05, 0.1) is 6.10 Å². The number of aliphatic hydroxyl groups excluding tert-OH is 1. The van der Waals surface area contributed by atoms with E-state index in [1.54, 1.807) is 13.8 Å². The number of hydrogen-bond donors (Lipinski definition) is 4. The van der Waals surface area contributed by atoms with E-state index in [1.807, 2.05) is 0 Å². The zero-order valence-electron chi connectivity index (χ0n) is 6.71. The van der Waals surface area contributed by atoms with Gasteiger partial charge in [0, 0.05) is 12.0 Å². The fourth-order valence-electron chi connectivity index (χ4n) is 0.534. The van der Waals surface area contributed by atoms with E-state index in [0.29, 0.717) is 0 Å². The number of rotatable bonds is 3. The molecule has 4 nitrogen and oxygen atoms in total. The van der Waals surface area contributed by atoms with Gasteiger partial charge in [0.1, 0.15) is 0 Å². The Morgan fingerprint density at radius 3 is 1.91 bits per heavy atom. The van der Waals surface area contributed by atoms with Crippen molar-refractivity contribution in [2.24, 2.45) is 11.5 Å². The van der Waals surface area contributed by atoms with Crippen LogP contribution in [0.4, 0.5) is 0 Å². The van der Waals surface area contributed by atoms with Crippen LogP contribution >= 0.6 is 11.6 Å². The Balaban J connectivity index is 3.99. The molecule has 2 atom stereocenters. The highest BCUT2D eigenvalue weighted by atomic mass is 35.5. The van der Waals surface area contributed by atoms with Crippen molar-refractivity contribution in [2.45, 2.75) is 37.1 Å². The molecular formula is C6H15ClN2O2. The van der Waals surface area contributed by atoms with E-state index in [1.165, 1.54) is 0 Å². The van der Waals surface area contributed by atoms with Gasteiger partial charge in [0.2, 0.25) is 0 Å². The molecule has 5 heteroatoms. The summed E-state index contributed by atoms with van der Waals surface area (Å²) in [5.74, 6) is 0. The number of hydrogen-bond acceptors (Lipinski definition) is 4. The van der Waals surface area contributed by atoms with Crippen LogP contribution in [-0.2, 0) is 0 Å². The maximum Gasteiger partial charge on any atom is 0.193 e. The van der Waals surface area contributed by atoms with Crippen molar-refractivity contribution in [1.29, 1.82) is 0 Å².